The quantitative estimate of drug-likeness (QED) is 0.723. The van der Waals surface area contributed by atoms with E-state index < -0.39 is 0 Å². The number of hydrogen-bond donors (Lipinski definition) is 0. The minimum Gasteiger partial charge on any atom is -0.309 e. The van der Waals surface area contributed by atoms with Gasteiger partial charge in [0.25, 0.3) is 0 Å². The van der Waals surface area contributed by atoms with Gasteiger partial charge in [-0.2, -0.15) is 5.26 Å². The fourth-order valence-corrected chi connectivity index (χ4v) is 1.29. The van der Waals surface area contributed by atoms with Crippen LogP contribution in [0, 0.1) is 11.3 Å². The summed E-state index contributed by atoms with van der Waals surface area (Å²) in [7, 11) is 4.03. The molecule has 0 saturated carbocycles. The van der Waals surface area contributed by atoms with Gasteiger partial charge in [0, 0.05) is 12.4 Å². The maximum absolute atomic E-state index is 9.00. The first-order chi connectivity index (χ1) is 6.74. The van der Waals surface area contributed by atoms with Gasteiger partial charge in [0.1, 0.15) is 0 Å². The fraction of sp³-hybridized carbons (Fsp3) is 0.455. The van der Waals surface area contributed by atoms with Gasteiger partial charge in [-0.15, -0.1) is 0 Å². The van der Waals surface area contributed by atoms with Crippen LogP contribution in [0.5, 0.6) is 0 Å². The van der Waals surface area contributed by atoms with Gasteiger partial charge in [-0.05, 0) is 44.8 Å². The van der Waals surface area contributed by atoms with Crippen LogP contribution in [0.15, 0.2) is 24.5 Å². The maximum atomic E-state index is 9.00. The van der Waals surface area contributed by atoms with Crippen molar-refractivity contribution in [2.45, 2.75) is 12.3 Å². The lowest BCUT2D eigenvalue weighted by Crippen LogP contribution is -2.15. The Kier molecular flexibility index (Phi) is 4.09. The lowest BCUT2D eigenvalue weighted by Gasteiger charge is -2.13. The SMILES string of the molecule is CN(C)CCC(C#N)c1ccncc1. The summed E-state index contributed by atoms with van der Waals surface area (Å²) in [6, 6.07) is 6.13. The Morgan fingerprint density at radius 1 is 1.43 bits per heavy atom. The van der Waals surface area contributed by atoms with Crippen LogP contribution in [0.1, 0.15) is 17.9 Å². The Balaban J connectivity index is 2.60. The van der Waals surface area contributed by atoms with Crippen molar-refractivity contribution in [1.29, 1.82) is 5.26 Å². The molecule has 3 heteroatoms. The highest BCUT2D eigenvalue weighted by molar-refractivity contribution is 5.21. The minimum absolute atomic E-state index is 0.0135. The van der Waals surface area contributed by atoms with Gasteiger partial charge >= 0.3 is 0 Å². The van der Waals surface area contributed by atoms with Crippen molar-refractivity contribution in [1.82, 2.24) is 9.88 Å². The lowest BCUT2D eigenvalue weighted by molar-refractivity contribution is 0.393. The van der Waals surface area contributed by atoms with E-state index in [1.807, 2.05) is 26.2 Å². The van der Waals surface area contributed by atoms with Crippen LogP contribution in [0.2, 0.25) is 0 Å². The molecule has 0 aliphatic carbocycles. The van der Waals surface area contributed by atoms with Gasteiger partial charge in [0.2, 0.25) is 0 Å². The van der Waals surface area contributed by atoms with Crippen LogP contribution in [0.3, 0.4) is 0 Å². The second-order valence-electron chi connectivity index (χ2n) is 3.55. The van der Waals surface area contributed by atoms with Crippen LogP contribution < -0.4 is 0 Å². The molecule has 0 aliphatic rings. The summed E-state index contributed by atoms with van der Waals surface area (Å²) in [6.07, 6.45) is 4.33. The first-order valence-corrected chi connectivity index (χ1v) is 4.68. The van der Waals surface area contributed by atoms with Crippen molar-refractivity contribution in [3.8, 4) is 6.07 Å². The van der Waals surface area contributed by atoms with Crippen LogP contribution in [-0.4, -0.2) is 30.5 Å². The molecule has 3 nitrogen and oxygen atoms in total. The standard InChI is InChI=1S/C11H15N3/c1-14(2)8-5-11(9-12)10-3-6-13-7-4-10/h3-4,6-7,11H,5,8H2,1-2H3. The number of hydrogen-bond acceptors (Lipinski definition) is 3. The van der Waals surface area contributed by atoms with Crippen LogP contribution in [0.4, 0.5) is 0 Å². The minimum atomic E-state index is -0.0135. The molecule has 1 unspecified atom stereocenters. The number of nitrogens with zero attached hydrogens (tertiary/aromatic N) is 3. The summed E-state index contributed by atoms with van der Waals surface area (Å²) < 4.78 is 0. The van der Waals surface area contributed by atoms with Crippen LogP contribution in [-0.2, 0) is 0 Å². The van der Waals surface area contributed by atoms with Gasteiger partial charge in [-0.3, -0.25) is 4.98 Å². The summed E-state index contributed by atoms with van der Waals surface area (Å²) >= 11 is 0. The van der Waals surface area contributed by atoms with Crippen molar-refractivity contribution in [3.63, 3.8) is 0 Å². The molecule has 0 fully saturated rings. The molecule has 1 heterocycles. The molecule has 0 saturated heterocycles. The monoisotopic (exact) mass is 189 g/mol. The molecule has 1 aromatic rings. The summed E-state index contributed by atoms with van der Waals surface area (Å²) in [5.41, 5.74) is 1.06. The number of rotatable bonds is 4. The molecule has 1 rings (SSSR count). The molecular formula is C11H15N3. The van der Waals surface area contributed by atoms with Gasteiger partial charge in [0.05, 0.1) is 12.0 Å². The third-order valence-corrected chi connectivity index (χ3v) is 2.13. The van der Waals surface area contributed by atoms with E-state index in [1.165, 1.54) is 0 Å². The highest BCUT2D eigenvalue weighted by Crippen LogP contribution is 2.17. The molecular weight excluding hydrogens is 174 g/mol. The smallest absolute Gasteiger partial charge is 0.0726 e. The summed E-state index contributed by atoms with van der Waals surface area (Å²) in [6.45, 7) is 0.931. The largest absolute Gasteiger partial charge is 0.309 e. The number of aromatic nitrogens is 1. The normalized spacial score (nSPS) is 12.4. The lowest BCUT2D eigenvalue weighted by atomic mass is 9.98. The summed E-state index contributed by atoms with van der Waals surface area (Å²) in [5, 5.41) is 9.00. The van der Waals surface area contributed by atoms with Crippen molar-refractivity contribution in [3.05, 3.63) is 30.1 Å². The zero-order valence-electron chi connectivity index (χ0n) is 8.64. The molecule has 0 N–H and O–H groups in total. The zero-order valence-corrected chi connectivity index (χ0v) is 8.64. The highest BCUT2D eigenvalue weighted by Gasteiger charge is 2.09. The van der Waals surface area contributed by atoms with Crippen molar-refractivity contribution < 1.29 is 0 Å². The van der Waals surface area contributed by atoms with Crippen LogP contribution in [0.25, 0.3) is 0 Å². The first-order valence-electron chi connectivity index (χ1n) is 4.68. The van der Waals surface area contributed by atoms with E-state index in [1.54, 1.807) is 12.4 Å². The first kappa shape index (κ1) is 10.7. The third kappa shape index (κ3) is 3.15. The highest BCUT2D eigenvalue weighted by atomic mass is 15.0. The molecule has 0 aliphatic heterocycles. The molecule has 0 bridgehead atoms. The number of nitriles is 1. The maximum Gasteiger partial charge on any atom is 0.0726 e. The molecule has 1 aromatic heterocycles. The Bertz CT molecular complexity index is 300. The van der Waals surface area contributed by atoms with E-state index in [2.05, 4.69) is 16.0 Å². The zero-order chi connectivity index (χ0) is 10.4. The van der Waals surface area contributed by atoms with E-state index >= 15 is 0 Å². The van der Waals surface area contributed by atoms with E-state index in [4.69, 9.17) is 5.26 Å². The second-order valence-corrected chi connectivity index (χ2v) is 3.55. The Morgan fingerprint density at radius 3 is 2.57 bits per heavy atom. The van der Waals surface area contributed by atoms with Crippen molar-refractivity contribution >= 4 is 0 Å². The Hall–Kier alpha value is -1.40. The van der Waals surface area contributed by atoms with Crippen molar-refractivity contribution in [2.24, 2.45) is 0 Å². The van der Waals surface area contributed by atoms with Crippen LogP contribution >= 0.6 is 0 Å². The average Bonchev–Trinajstić information content (AvgIpc) is 2.20. The molecule has 74 valence electrons. The van der Waals surface area contributed by atoms with E-state index in [-0.39, 0.29) is 5.92 Å². The van der Waals surface area contributed by atoms with Gasteiger partial charge in [-0.1, -0.05) is 0 Å². The van der Waals surface area contributed by atoms with Gasteiger partial charge < -0.3 is 4.90 Å². The predicted octanol–water partition coefficient (Wildman–Crippen LogP) is 1.64. The summed E-state index contributed by atoms with van der Waals surface area (Å²) in [5.74, 6) is -0.0135. The van der Waals surface area contributed by atoms with Gasteiger partial charge in [0.15, 0.2) is 0 Å². The predicted molar refractivity (Wildman–Crippen MR) is 55.8 cm³/mol. The van der Waals surface area contributed by atoms with Gasteiger partial charge in [-0.25, -0.2) is 0 Å². The molecule has 0 aromatic carbocycles. The average molecular weight is 189 g/mol. The van der Waals surface area contributed by atoms with E-state index in [9.17, 15) is 0 Å². The Labute approximate surface area is 85.0 Å². The molecule has 0 spiro atoms. The number of pyridine rings is 1. The third-order valence-electron chi connectivity index (χ3n) is 2.13. The van der Waals surface area contributed by atoms with Crippen molar-refractivity contribution in [2.75, 3.05) is 20.6 Å². The Morgan fingerprint density at radius 2 is 2.07 bits per heavy atom. The van der Waals surface area contributed by atoms with E-state index in [0.717, 1.165) is 18.5 Å². The van der Waals surface area contributed by atoms with E-state index in [0.29, 0.717) is 0 Å². The second kappa shape index (κ2) is 5.36. The topological polar surface area (TPSA) is 39.9 Å². The molecule has 1 atom stereocenters. The molecule has 0 radical (unpaired) electrons. The fourth-order valence-electron chi connectivity index (χ4n) is 1.29. The molecule has 14 heavy (non-hydrogen) atoms. The molecule has 0 amide bonds. The summed E-state index contributed by atoms with van der Waals surface area (Å²) in [4.78, 5) is 6.03.